The van der Waals surface area contributed by atoms with Crippen molar-refractivity contribution < 1.29 is 4.79 Å². The lowest BCUT2D eigenvalue weighted by Crippen LogP contribution is -2.44. The van der Waals surface area contributed by atoms with Gasteiger partial charge >= 0.3 is 0 Å². The van der Waals surface area contributed by atoms with Crippen molar-refractivity contribution in [3.63, 3.8) is 0 Å². The first kappa shape index (κ1) is 20.2. The van der Waals surface area contributed by atoms with Crippen LogP contribution in [0.1, 0.15) is 54.1 Å². The van der Waals surface area contributed by atoms with Gasteiger partial charge in [-0.2, -0.15) is 5.26 Å². The summed E-state index contributed by atoms with van der Waals surface area (Å²) in [5.41, 5.74) is 3.43. The van der Waals surface area contributed by atoms with E-state index in [1.807, 2.05) is 43.3 Å². The molecule has 2 aromatic rings. The van der Waals surface area contributed by atoms with E-state index in [0.29, 0.717) is 16.6 Å². The predicted molar refractivity (Wildman–Crippen MR) is 114 cm³/mol. The lowest BCUT2D eigenvalue weighted by atomic mass is 9.89. The van der Waals surface area contributed by atoms with Crippen molar-refractivity contribution in [1.29, 1.82) is 5.26 Å². The maximum atomic E-state index is 12.5. The number of aryl methyl sites for hydroxylation is 1. The molecular weight excluding hydrogens is 370 g/mol. The van der Waals surface area contributed by atoms with Crippen LogP contribution < -0.4 is 10.2 Å². The third kappa shape index (κ3) is 4.66. The number of rotatable bonds is 5. The zero-order valence-corrected chi connectivity index (χ0v) is 17.2. The molecule has 28 heavy (non-hydrogen) atoms. The molecule has 0 bridgehead atoms. The Morgan fingerprint density at radius 1 is 1.18 bits per heavy atom. The Kier molecular flexibility index (Phi) is 6.59. The minimum absolute atomic E-state index is 0.00896. The average Bonchev–Trinajstić information content (AvgIpc) is 2.70. The van der Waals surface area contributed by atoms with Crippen molar-refractivity contribution in [2.45, 2.75) is 51.6 Å². The summed E-state index contributed by atoms with van der Waals surface area (Å²) in [7, 11) is 0. The highest BCUT2D eigenvalue weighted by Crippen LogP contribution is 2.30. The molecule has 0 aliphatic heterocycles. The second kappa shape index (κ2) is 9.12. The number of benzene rings is 2. The number of carbonyl (C=O) groups excluding carboxylic acids is 1. The number of nitrogens with zero attached hydrogens (tertiary/aromatic N) is 2. The van der Waals surface area contributed by atoms with E-state index in [-0.39, 0.29) is 11.9 Å². The van der Waals surface area contributed by atoms with Gasteiger partial charge in [0, 0.05) is 29.9 Å². The fourth-order valence-corrected chi connectivity index (χ4v) is 4.15. The molecule has 0 heterocycles. The fraction of sp³-hybridized carbons (Fsp3) is 0.391. The zero-order valence-electron chi connectivity index (χ0n) is 16.4. The first-order valence-electron chi connectivity index (χ1n) is 9.85. The second-order valence-corrected chi connectivity index (χ2v) is 7.81. The van der Waals surface area contributed by atoms with Crippen LogP contribution in [0, 0.1) is 18.3 Å². The SMILES string of the molecule is CCN(c1ccc(C#N)c(Cl)c1)C1CCC(NC(=O)c2ccc(C)cc2)CC1. The van der Waals surface area contributed by atoms with Gasteiger partial charge in [0.1, 0.15) is 6.07 Å². The molecule has 0 radical (unpaired) electrons. The monoisotopic (exact) mass is 395 g/mol. The van der Waals surface area contributed by atoms with Gasteiger partial charge in [-0.05, 0) is 69.9 Å². The van der Waals surface area contributed by atoms with Crippen LogP contribution in [-0.2, 0) is 0 Å². The molecule has 5 heteroatoms. The van der Waals surface area contributed by atoms with Crippen LogP contribution >= 0.6 is 11.6 Å². The highest BCUT2D eigenvalue weighted by molar-refractivity contribution is 6.32. The van der Waals surface area contributed by atoms with Gasteiger partial charge in [0.05, 0.1) is 10.6 Å². The van der Waals surface area contributed by atoms with Crippen molar-refractivity contribution in [2.75, 3.05) is 11.4 Å². The Hall–Kier alpha value is -2.51. The van der Waals surface area contributed by atoms with E-state index in [9.17, 15) is 4.79 Å². The Labute approximate surface area is 172 Å². The average molecular weight is 396 g/mol. The quantitative estimate of drug-likeness (QED) is 0.767. The molecule has 1 aliphatic carbocycles. The molecule has 0 spiro atoms. The first-order chi connectivity index (χ1) is 13.5. The summed E-state index contributed by atoms with van der Waals surface area (Å²) in [5.74, 6) is 0.00896. The molecule has 1 N–H and O–H groups in total. The fourth-order valence-electron chi connectivity index (χ4n) is 3.93. The molecule has 0 atom stereocenters. The van der Waals surface area contributed by atoms with Crippen molar-refractivity contribution in [3.8, 4) is 6.07 Å². The summed E-state index contributed by atoms with van der Waals surface area (Å²) >= 11 is 6.22. The number of hydrogen-bond acceptors (Lipinski definition) is 3. The third-order valence-electron chi connectivity index (χ3n) is 5.53. The van der Waals surface area contributed by atoms with E-state index < -0.39 is 0 Å². The van der Waals surface area contributed by atoms with Crippen molar-refractivity contribution in [2.24, 2.45) is 0 Å². The summed E-state index contributed by atoms with van der Waals surface area (Å²) in [4.78, 5) is 14.8. The molecular formula is C23H26ClN3O. The van der Waals surface area contributed by atoms with Crippen molar-refractivity contribution in [3.05, 3.63) is 64.2 Å². The lowest BCUT2D eigenvalue weighted by molar-refractivity contribution is 0.0925. The molecule has 0 unspecified atom stereocenters. The minimum atomic E-state index is 0.00896. The van der Waals surface area contributed by atoms with Crippen LogP contribution in [0.4, 0.5) is 5.69 Å². The molecule has 1 fully saturated rings. The summed E-state index contributed by atoms with van der Waals surface area (Å²) in [6.45, 7) is 5.04. The van der Waals surface area contributed by atoms with E-state index in [1.165, 1.54) is 0 Å². The number of hydrogen-bond donors (Lipinski definition) is 1. The van der Waals surface area contributed by atoms with E-state index in [0.717, 1.165) is 49.0 Å². The maximum Gasteiger partial charge on any atom is 0.251 e. The van der Waals surface area contributed by atoms with E-state index in [2.05, 4.69) is 23.2 Å². The summed E-state index contributed by atoms with van der Waals surface area (Å²) in [5, 5.41) is 12.7. The van der Waals surface area contributed by atoms with Crippen LogP contribution in [0.15, 0.2) is 42.5 Å². The van der Waals surface area contributed by atoms with E-state index >= 15 is 0 Å². The predicted octanol–water partition coefficient (Wildman–Crippen LogP) is 5.09. The van der Waals surface area contributed by atoms with Crippen LogP contribution in [0.5, 0.6) is 0 Å². The van der Waals surface area contributed by atoms with Gasteiger partial charge in [0.15, 0.2) is 0 Å². The van der Waals surface area contributed by atoms with Crippen molar-refractivity contribution in [1.82, 2.24) is 5.32 Å². The van der Waals surface area contributed by atoms with E-state index in [1.54, 1.807) is 6.07 Å². The number of halogens is 1. The smallest absolute Gasteiger partial charge is 0.251 e. The molecule has 0 aromatic heterocycles. The Morgan fingerprint density at radius 2 is 1.86 bits per heavy atom. The van der Waals surface area contributed by atoms with Crippen LogP contribution in [0.2, 0.25) is 5.02 Å². The minimum Gasteiger partial charge on any atom is -0.369 e. The highest BCUT2D eigenvalue weighted by Gasteiger charge is 2.26. The van der Waals surface area contributed by atoms with Crippen LogP contribution in [-0.4, -0.2) is 24.5 Å². The Bertz CT molecular complexity index is 864. The summed E-state index contributed by atoms with van der Waals surface area (Å²) in [6, 6.07) is 16.1. The molecule has 1 saturated carbocycles. The number of anilines is 1. The molecule has 1 aliphatic rings. The number of amides is 1. The van der Waals surface area contributed by atoms with Gasteiger partial charge in [0.25, 0.3) is 5.91 Å². The zero-order chi connectivity index (χ0) is 20.1. The van der Waals surface area contributed by atoms with Gasteiger partial charge in [-0.15, -0.1) is 0 Å². The first-order valence-corrected chi connectivity index (χ1v) is 10.2. The molecule has 0 saturated heterocycles. The van der Waals surface area contributed by atoms with Crippen molar-refractivity contribution >= 4 is 23.2 Å². The van der Waals surface area contributed by atoms with Crippen LogP contribution in [0.25, 0.3) is 0 Å². The summed E-state index contributed by atoms with van der Waals surface area (Å²) in [6.07, 6.45) is 3.96. The lowest BCUT2D eigenvalue weighted by Gasteiger charge is -2.38. The van der Waals surface area contributed by atoms with Gasteiger partial charge in [-0.25, -0.2) is 0 Å². The highest BCUT2D eigenvalue weighted by atomic mass is 35.5. The third-order valence-corrected chi connectivity index (χ3v) is 5.84. The molecule has 146 valence electrons. The van der Waals surface area contributed by atoms with Gasteiger partial charge in [-0.3, -0.25) is 4.79 Å². The maximum absolute atomic E-state index is 12.5. The van der Waals surface area contributed by atoms with E-state index in [4.69, 9.17) is 16.9 Å². The largest absolute Gasteiger partial charge is 0.369 e. The van der Waals surface area contributed by atoms with Crippen LogP contribution in [0.3, 0.4) is 0 Å². The Balaban J connectivity index is 1.59. The normalized spacial score (nSPS) is 18.9. The standard InChI is InChI=1S/C23H26ClN3O/c1-3-27(21-11-8-18(15-25)22(24)14-21)20-12-9-19(10-13-20)26-23(28)17-6-4-16(2)5-7-17/h4-8,11,14,19-20H,3,9-10,12-13H2,1-2H3,(H,26,28). The number of carbonyl (C=O) groups is 1. The molecule has 2 aromatic carbocycles. The van der Waals surface area contributed by atoms with Gasteiger partial charge < -0.3 is 10.2 Å². The second-order valence-electron chi connectivity index (χ2n) is 7.41. The van der Waals surface area contributed by atoms with Gasteiger partial charge in [0.2, 0.25) is 0 Å². The van der Waals surface area contributed by atoms with Gasteiger partial charge in [-0.1, -0.05) is 29.3 Å². The summed E-state index contributed by atoms with van der Waals surface area (Å²) < 4.78 is 0. The molecule has 4 nitrogen and oxygen atoms in total. The molecule has 3 rings (SSSR count). The number of nitrogens with one attached hydrogen (secondary N) is 1. The topological polar surface area (TPSA) is 56.1 Å². The number of nitriles is 1. The Morgan fingerprint density at radius 3 is 2.43 bits per heavy atom. The molecule has 1 amide bonds.